The average molecular weight is 419 g/mol. The lowest BCUT2D eigenvalue weighted by atomic mass is 9.80. The molecule has 3 nitrogen and oxygen atoms in total. The minimum atomic E-state index is 0.253. The molecule has 1 heterocycles. The molecule has 1 aliphatic heterocycles. The highest BCUT2D eigenvalue weighted by atomic mass is 35.5. The molecule has 2 unspecified atom stereocenters. The van der Waals surface area contributed by atoms with Gasteiger partial charge in [-0.25, -0.2) is 0 Å². The van der Waals surface area contributed by atoms with E-state index in [2.05, 4.69) is 60.5 Å². The number of ether oxygens (including phenoxy) is 1. The van der Waals surface area contributed by atoms with Gasteiger partial charge in [0, 0.05) is 24.7 Å². The zero-order chi connectivity index (χ0) is 20.6. The van der Waals surface area contributed by atoms with Gasteiger partial charge in [0.05, 0.1) is 6.10 Å². The molecular formula is C25H39ClN2O. The Morgan fingerprint density at radius 3 is 2.66 bits per heavy atom. The lowest BCUT2D eigenvalue weighted by Crippen LogP contribution is -2.47. The third kappa shape index (κ3) is 7.10. The maximum absolute atomic E-state index is 6.08. The van der Waals surface area contributed by atoms with Crippen molar-refractivity contribution in [3.05, 3.63) is 47.1 Å². The first-order valence-electron chi connectivity index (χ1n) is 11.4. The first-order valence-corrected chi connectivity index (χ1v) is 11.8. The second kappa shape index (κ2) is 11.5. The summed E-state index contributed by atoms with van der Waals surface area (Å²) in [5.41, 5.74) is 1.40. The summed E-state index contributed by atoms with van der Waals surface area (Å²) in [6.45, 7) is 9.32. The van der Waals surface area contributed by atoms with Gasteiger partial charge in [0.1, 0.15) is 0 Å². The number of hydrogen-bond acceptors (Lipinski definition) is 3. The molecule has 162 valence electrons. The summed E-state index contributed by atoms with van der Waals surface area (Å²) < 4.78 is 5.48. The molecule has 3 atom stereocenters. The lowest BCUT2D eigenvalue weighted by molar-refractivity contribution is 0.138. The summed E-state index contributed by atoms with van der Waals surface area (Å²) in [6.07, 6.45) is 19.4. The Bertz CT molecular complexity index is 629. The molecule has 0 aromatic carbocycles. The smallest absolute Gasteiger partial charge is 0.0792 e. The molecule has 1 saturated heterocycles. The zero-order valence-electron chi connectivity index (χ0n) is 18.4. The molecule has 0 saturated carbocycles. The number of allylic oxidation sites excluding steroid dienone is 5. The number of hydrogen-bond donors (Lipinski definition) is 1. The van der Waals surface area contributed by atoms with Gasteiger partial charge in [0.15, 0.2) is 0 Å². The van der Waals surface area contributed by atoms with E-state index in [0.29, 0.717) is 17.9 Å². The van der Waals surface area contributed by atoms with Gasteiger partial charge in [-0.1, -0.05) is 55.8 Å². The number of likely N-dealkylation sites (tertiary alicyclic amines) is 1. The Balaban J connectivity index is 1.40. The van der Waals surface area contributed by atoms with Crippen LogP contribution in [0.25, 0.3) is 0 Å². The molecule has 1 N–H and O–H groups in total. The molecule has 4 heteroatoms. The van der Waals surface area contributed by atoms with E-state index in [1.165, 1.54) is 31.5 Å². The van der Waals surface area contributed by atoms with Crippen LogP contribution in [-0.4, -0.2) is 50.3 Å². The fourth-order valence-electron chi connectivity index (χ4n) is 4.76. The second-order valence-corrected chi connectivity index (χ2v) is 9.63. The molecule has 1 fully saturated rings. The van der Waals surface area contributed by atoms with Crippen molar-refractivity contribution in [1.82, 2.24) is 10.2 Å². The van der Waals surface area contributed by atoms with Crippen molar-refractivity contribution in [1.29, 1.82) is 0 Å². The first kappa shape index (κ1) is 22.8. The molecule has 2 aliphatic carbocycles. The standard InChI is InChI=1S/C25H39ClN2O/c1-19(2)25(27-14-11-20-5-4-6-24(17-20)29-3)18-28-15-12-22(13-16-28)21-7-9-23(26)10-8-21/h4-5,7,9-10,17,19,21-22,24-25,27H,6,8,11-16,18H2,1-3H3/t21?,24?,25-/m0/s1. The van der Waals surface area contributed by atoms with E-state index >= 15 is 0 Å². The van der Waals surface area contributed by atoms with Crippen molar-refractivity contribution in [2.45, 2.75) is 58.1 Å². The third-order valence-electron chi connectivity index (χ3n) is 6.81. The van der Waals surface area contributed by atoms with E-state index < -0.39 is 0 Å². The predicted octanol–water partition coefficient (Wildman–Crippen LogP) is 5.30. The van der Waals surface area contributed by atoms with E-state index in [9.17, 15) is 0 Å². The van der Waals surface area contributed by atoms with Crippen molar-refractivity contribution in [3.63, 3.8) is 0 Å². The Kier molecular flexibility index (Phi) is 9.05. The van der Waals surface area contributed by atoms with Crippen LogP contribution in [0.4, 0.5) is 0 Å². The van der Waals surface area contributed by atoms with Crippen LogP contribution in [-0.2, 0) is 4.74 Å². The molecule has 3 rings (SSSR count). The fraction of sp³-hybridized carbons (Fsp3) is 0.680. The van der Waals surface area contributed by atoms with E-state index in [1.54, 1.807) is 7.11 Å². The zero-order valence-corrected chi connectivity index (χ0v) is 19.2. The van der Waals surface area contributed by atoms with E-state index in [0.717, 1.165) is 43.3 Å². The summed E-state index contributed by atoms with van der Waals surface area (Å²) in [4.78, 5) is 2.67. The van der Waals surface area contributed by atoms with Gasteiger partial charge in [-0.2, -0.15) is 0 Å². The van der Waals surface area contributed by atoms with Crippen molar-refractivity contribution < 1.29 is 4.74 Å². The van der Waals surface area contributed by atoms with E-state index in [4.69, 9.17) is 16.3 Å². The maximum Gasteiger partial charge on any atom is 0.0792 e. The van der Waals surface area contributed by atoms with Crippen molar-refractivity contribution >= 4 is 11.6 Å². The van der Waals surface area contributed by atoms with Gasteiger partial charge in [-0.05, 0) is 81.1 Å². The van der Waals surface area contributed by atoms with Gasteiger partial charge in [-0.15, -0.1) is 0 Å². The van der Waals surface area contributed by atoms with Crippen LogP contribution in [0.15, 0.2) is 47.1 Å². The van der Waals surface area contributed by atoms with Crippen LogP contribution in [0, 0.1) is 17.8 Å². The number of halogens is 1. The van der Waals surface area contributed by atoms with Gasteiger partial charge in [-0.3, -0.25) is 0 Å². The Hall–Kier alpha value is -0.870. The number of methoxy groups -OCH3 is 1. The van der Waals surface area contributed by atoms with E-state index in [-0.39, 0.29) is 6.10 Å². The summed E-state index contributed by atoms with van der Waals surface area (Å²) in [5.74, 6) is 2.14. The molecule has 0 radical (unpaired) electrons. The second-order valence-electron chi connectivity index (χ2n) is 9.19. The summed E-state index contributed by atoms with van der Waals surface area (Å²) in [5, 5.41) is 4.74. The Labute approximate surface area is 182 Å². The highest BCUT2D eigenvalue weighted by Crippen LogP contribution is 2.32. The summed E-state index contributed by atoms with van der Waals surface area (Å²) >= 11 is 6.08. The van der Waals surface area contributed by atoms with Crippen LogP contribution in [0.3, 0.4) is 0 Å². The Morgan fingerprint density at radius 1 is 1.21 bits per heavy atom. The topological polar surface area (TPSA) is 24.5 Å². The molecular weight excluding hydrogens is 380 g/mol. The number of piperidine rings is 1. The highest BCUT2D eigenvalue weighted by molar-refractivity contribution is 6.31. The molecule has 0 amide bonds. The summed E-state index contributed by atoms with van der Waals surface area (Å²) in [6, 6.07) is 0.550. The van der Waals surface area contributed by atoms with Gasteiger partial charge in [0.25, 0.3) is 0 Å². The molecule has 0 bridgehead atoms. The molecule has 0 aromatic heterocycles. The van der Waals surface area contributed by atoms with Gasteiger partial charge in [0.2, 0.25) is 0 Å². The quantitative estimate of drug-likeness (QED) is 0.549. The van der Waals surface area contributed by atoms with E-state index in [1.807, 2.05) is 0 Å². The first-order chi connectivity index (χ1) is 14.0. The van der Waals surface area contributed by atoms with Crippen LogP contribution < -0.4 is 5.32 Å². The van der Waals surface area contributed by atoms with Crippen molar-refractivity contribution in [3.8, 4) is 0 Å². The van der Waals surface area contributed by atoms with Gasteiger partial charge < -0.3 is 15.0 Å². The molecule has 0 aromatic rings. The maximum atomic E-state index is 6.08. The van der Waals surface area contributed by atoms with Crippen LogP contribution >= 0.6 is 11.6 Å². The highest BCUT2D eigenvalue weighted by Gasteiger charge is 2.27. The third-order valence-corrected chi connectivity index (χ3v) is 7.09. The van der Waals surface area contributed by atoms with Crippen LogP contribution in [0.2, 0.25) is 0 Å². The minimum absolute atomic E-state index is 0.253. The number of nitrogens with zero attached hydrogens (tertiary/aromatic N) is 1. The molecule has 0 spiro atoms. The minimum Gasteiger partial charge on any atom is -0.377 e. The predicted molar refractivity (Wildman–Crippen MR) is 124 cm³/mol. The lowest BCUT2D eigenvalue weighted by Gasteiger charge is -2.38. The molecule has 3 aliphatic rings. The fourth-order valence-corrected chi connectivity index (χ4v) is 4.92. The Morgan fingerprint density at radius 2 is 2.00 bits per heavy atom. The molecule has 29 heavy (non-hydrogen) atoms. The van der Waals surface area contributed by atoms with Crippen LogP contribution in [0.1, 0.15) is 46.0 Å². The number of rotatable bonds is 9. The average Bonchev–Trinajstić information content (AvgIpc) is 2.74. The monoisotopic (exact) mass is 418 g/mol. The normalized spacial score (nSPS) is 27.2. The van der Waals surface area contributed by atoms with Gasteiger partial charge >= 0.3 is 0 Å². The van der Waals surface area contributed by atoms with Crippen molar-refractivity contribution in [2.75, 3.05) is 33.3 Å². The largest absolute Gasteiger partial charge is 0.377 e. The summed E-state index contributed by atoms with van der Waals surface area (Å²) in [7, 11) is 1.80. The van der Waals surface area contributed by atoms with Crippen molar-refractivity contribution in [2.24, 2.45) is 17.8 Å². The number of nitrogens with one attached hydrogen (secondary N) is 1. The SMILES string of the molecule is COC1C=C(CCN[C@@H](CN2CCC(C3C=CC(Cl)=CC3)CC2)C(C)C)C=CC1. The van der Waals surface area contributed by atoms with Crippen LogP contribution in [0.5, 0.6) is 0 Å².